The Balaban J connectivity index is 2.23. The maximum atomic E-state index is 12.8. The molecule has 26 heavy (non-hydrogen) atoms. The molecule has 0 spiro atoms. The molecule has 7 nitrogen and oxygen atoms in total. The smallest absolute Gasteiger partial charge is 0.322 e. The van der Waals surface area contributed by atoms with E-state index >= 15 is 0 Å². The predicted molar refractivity (Wildman–Crippen MR) is 96.5 cm³/mol. The number of aryl methyl sites for hydroxylation is 2. The second-order valence-electron chi connectivity index (χ2n) is 6.24. The van der Waals surface area contributed by atoms with Gasteiger partial charge in [-0.3, -0.25) is 14.9 Å². The zero-order valence-corrected chi connectivity index (χ0v) is 15.3. The maximum absolute atomic E-state index is 12.8. The van der Waals surface area contributed by atoms with Gasteiger partial charge in [0.1, 0.15) is 5.75 Å². The highest BCUT2D eigenvalue weighted by atomic mass is 35.5. The summed E-state index contributed by atoms with van der Waals surface area (Å²) in [5.74, 6) is -0.181. The summed E-state index contributed by atoms with van der Waals surface area (Å²) in [4.78, 5) is 37.2. The van der Waals surface area contributed by atoms with Gasteiger partial charge in [-0.1, -0.05) is 17.7 Å². The largest absolute Gasteiger partial charge is 0.496 e. The van der Waals surface area contributed by atoms with Crippen LogP contribution in [-0.2, 0) is 16.9 Å². The van der Waals surface area contributed by atoms with Gasteiger partial charge in [0.2, 0.25) is 0 Å². The Kier molecular flexibility index (Phi) is 4.50. The lowest BCUT2D eigenvalue weighted by atomic mass is 9.88. The zero-order valence-electron chi connectivity index (χ0n) is 14.6. The first kappa shape index (κ1) is 18.0. The number of rotatable bonds is 4. The molecule has 2 aromatic rings. The second kappa shape index (κ2) is 6.49. The number of nitrogens with one attached hydrogen (secondary N) is 2. The van der Waals surface area contributed by atoms with Crippen LogP contribution < -0.4 is 20.9 Å². The number of benzene rings is 1. The number of amides is 3. The molecule has 0 saturated carbocycles. The van der Waals surface area contributed by atoms with Crippen molar-refractivity contribution in [2.24, 2.45) is 0 Å². The molecule has 1 fully saturated rings. The molecule has 0 radical (unpaired) electrons. The number of pyridine rings is 1. The summed E-state index contributed by atoms with van der Waals surface area (Å²) in [5.41, 5.74) is -0.0938. The summed E-state index contributed by atoms with van der Waals surface area (Å²) < 4.78 is 6.80. The fourth-order valence-corrected chi connectivity index (χ4v) is 3.24. The van der Waals surface area contributed by atoms with Gasteiger partial charge >= 0.3 is 6.03 Å². The molecule has 2 N–H and O–H groups in total. The summed E-state index contributed by atoms with van der Waals surface area (Å²) in [6, 6.07) is 6.02. The van der Waals surface area contributed by atoms with Crippen LogP contribution in [0.15, 0.2) is 35.3 Å². The van der Waals surface area contributed by atoms with Crippen molar-refractivity contribution in [3.05, 3.63) is 62.5 Å². The van der Waals surface area contributed by atoms with E-state index in [0.717, 1.165) is 5.56 Å². The van der Waals surface area contributed by atoms with Crippen molar-refractivity contribution in [1.82, 2.24) is 15.2 Å². The predicted octanol–water partition coefficient (Wildman–Crippen LogP) is 1.86. The quantitative estimate of drug-likeness (QED) is 0.798. The lowest BCUT2D eigenvalue weighted by Gasteiger charge is -2.29. The van der Waals surface area contributed by atoms with Crippen LogP contribution in [0.25, 0.3) is 0 Å². The molecular weight excluding hydrogens is 358 g/mol. The highest BCUT2D eigenvalue weighted by Gasteiger charge is 2.50. The van der Waals surface area contributed by atoms with Crippen molar-refractivity contribution < 1.29 is 14.3 Å². The van der Waals surface area contributed by atoms with Crippen molar-refractivity contribution in [1.29, 1.82) is 0 Å². The van der Waals surface area contributed by atoms with E-state index in [0.29, 0.717) is 21.9 Å². The maximum Gasteiger partial charge on any atom is 0.322 e. The molecule has 1 atom stereocenters. The first-order chi connectivity index (χ1) is 12.3. The molecule has 1 unspecified atom stereocenters. The van der Waals surface area contributed by atoms with E-state index in [9.17, 15) is 14.4 Å². The number of methoxy groups -OCH3 is 1. The Hall–Kier alpha value is -2.80. The fraction of sp³-hybridized carbons (Fsp3) is 0.278. The van der Waals surface area contributed by atoms with Crippen molar-refractivity contribution in [3.63, 3.8) is 0 Å². The Labute approximate surface area is 154 Å². The van der Waals surface area contributed by atoms with E-state index in [1.165, 1.54) is 11.7 Å². The molecule has 1 aliphatic heterocycles. The van der Waals surface area contributed by atoms with E-state index < -0.39 is 17.5 Å². The van der Waals surface area contributed by atoms with Gasteiger partial charge in [-0.25, -0.2) is 4.79 Å². The third kappa shape index (κ3) is 2.84. The van der Waals surface area contributed by atoms with Gasteiger partial charge in [0.25, 0.3) is 11.5 Å². The Morgan fingerprint density at radius 2 is 1.92 bits per heavy atom. The molecule has 2 heterocycles. The number of urea groups is 1. The monoisotopic (exact) mass is 375 g/mol. The van der Waals surface area contributed by atoms with E-state index in [4.69, 9.17) is 16.3 Å². The lowest BCUT2D eigenvalue weighted by Crippen LogP contribution is -2.49. The summed E-state index contributed by atoms with van der Waals surface area (Å²) in [6.45, 7) is 3.39. The van der Waals surface area contributed by atoms with Gasteiger partial charge in [0.05, 0.1) is 13.7 Å². The third-order valence-corrected chi connectivity index (χ3v) is 4.91. The molecule has 0 bridgehead atoms. The molecule has 1 saturated heterocycles. The number of halogens is 1. The first-order valence-corrected chi connectivity index (χ1v) is 8.30. The molecule has 0 aliphatic carbocycles. The highest BCUT2D eigenvalue weighted by Crippen LogP contribution is 2.37. The minimum atomic E-state index is -1.52. The van der Waals surface area contributed by atoms with Gasteiger partial charge in [0.15, 0.2) is 5.54 Å². The van der Waals surface area contributed by atoms with Gasteiger partial charge in [-0.15, -0.1) is 0 Å². The molecule has 1 aromatic carbocycles. The van der Waals surface area contributed by atoms with Gasteiger partial charge in [0, 0.05) is 22.3 Å². The Bertz CT molecular complexity index is 969. The van der Waals surface area contributed by atoms with Crippen molar-refractivity contribution in [2.45, 2.75) is 25.9 Å². The number of ether oxygens (including phenoxy) is 1. The lowest BCUT2D eigenvalue weighted by molar-refractivity contribution is -0.124. The van der Waals surface area contributed by atoms with Gasteiger partial charge in [-0.05, 0) is 37.6 Å². The van der Waals surface area contributed by atoms with Crippen LogP contribution in [0.2, 0.25) is 5.02 Å². The molecule has 3 amide bonds. The molecule has 136 valence electrons. The van der Waals surface area contributed by atoms with Gasteiger partial charge in [-0.2, -0.15) is 0 Å². The van der Waals surface area contributed by atoms with E-state index in [-0.39, 0.29) is 12.1 Å². The van der Waals surface area contributed by atoms with Crippen LogP contribution >= 0.6 is 11.6 Å². The molecule has 1 aromatic heterocycles. The Morgan fingerprint density at radius 3 is 2.54 bits per heavy atom. The van der Waals surface area contributed by atoms with Crippen molar-refractivity contribution in [3.8, 4) is 5.75 Å². The number of nitrogens with zero attached hydrogens (tertiary/aromatic N) is 1. The standard InChI is InChI=1S/C18H18ClN3O4/c1-10-5-4-6-22(15(10)23)9-18(16(24)20-17(25)21-18)12-8-13(19)11(2)7-14(12)26-3/h4-8H,9H2,1-3H3,(H2,20,21,24,25). The Morgan fingerprint density at radius 1 is 1.19 bits per heavy atom. The van der Waals surface area contributed by atoms with Crippen molar-refractivity contribution in [2.75, 3.05) is 7.11 Å². The number of hydrogen-bond donors (Lipinski definition) is 2. The minimum absolute atomic E-state index is 0.0964. The molecule has 8 heteroatoms. The summed E-state index contributed by atoms with van der Waals surface area (Å²) in [6.07, 6.45) is 1.57. The summed E-state index contributed by atoms with van der Waals surface area (Å²) >= 11 is 6.26. The molecular formula is C18H18ClN3O4. The number of carbonyl (C=O) groups excluding carboxylic acids is 2. The zero-order chi connectivity index (χ0) is 19.1. The molecule has 1 aliphatic rings. The highest BCUT2D eigenvalue weighted by molar-refractivity contribution is 6.31. The number of aromatic nitrogens is 1. The summed E-state index contributed by atoms with van der Waals surface area (Å²) in [7, 11) is 1.47. The number of imide groups is 1. The average molecular weight is 376 g/mol. The van der Waals surface area contributed by atoms with E-state index in [1.54, 1.807) is 44.3 Å². The van der Waals surface area contributed by atoms with E-state index in [1.807, 2.05) is 0 Å². The number of hydrogen-bond acceptors (Lipinski definition) is 4. The van der Waals surface area contributed by atoms with Crippen LogP contribution in [-0.4, -0.2) is 23.6 Å². The van der Waals surface area contributed by atoms with Crippen LogP contribution in [0.3, 0.4) is 0 Å². The minimum Gasteiger partial charge on any atom is -0.496 e. The van der Waals surface area contributed by atoms with Crippen LogP contribution in [0.5, 0.6) is 5.75 Å². The van der Waals surface area contributed by atoms with Crippen LogP contribution in [0.4, 0.5) is 4.79 Å². The third-order valence-electron chi connectivity index (χ3n) is 4.50. The van der Waals surface area contributed by atoms with Crippen molar-refractivity contribution >= 4 is 23.5 Å². The average Bonchev–Trinajstić information content (AvgIpc) is 2.88. The fourth-order valence-electron chi connectivity index (χ4n) is 3.07. The topological polar surface area (TPSA) is 89.4 Å². The second-order valence-corrected chi connectivity index (χ2v) is 6.65. The summed E-state index contributed by atoms with van der Waals surface area (Å²) in [5, 5.41) is 5.32. The van der Waals surface area contributed by atoms with Crippen LogP contribution in [0.1, 0.15) is 16.7 Å². The first-order valence-electron chi connectivity index (χ1n) is 7.93. The normalized spacial score (nSPS) is 19.2. The molecule has 3 rings (SSSR count). The van der Waals surface area contributed by atoms with E-state index in [2.05, 4.69) is 10.6 Å². The number of carbonyl (C=O) groups is 2. The van der Waals surface area contributed by atoms with Gasteiger partial charge < -0.3 is 14.6 Å². The SMILES string of the molecule is COc1cc(C)c(Cl)cc1C1(Cn2cccc(C)c2=O)NC(=O)NC1=O. The van der Waals surface area contributed by atoms with Crippen LogP contribution in [0, 0.1) is 13.8 Å².